The second-order valence-corrected chi connectivity index (χ2v) is 4.23. The highest BCUT2D eigenvalue weighted by Gasteiger charge is 2.19. The molecular weight excluding hydrogens is 148 g/mol. The van der Waals surface area contributed by atoms with Crippen LogP contribution in [-0.2, 0) is 0 Å². The van der Waals surface area contributed by atoms with Gasteiger partial charge in [0, 0.05) is 18.1 Å². The fourth-order valence-corrected chi connectivity index (χ4v) is 1.97. The minimum atomic E-state index is 0.384. The largest absolute Gasteiger partial charge is 0.326 e. The average Bonchev–Trinajstić information content (AvgIpc) is 2.16. The molecule has 2 atom stereocenters. The minimum Gasteiger partial charge on any atom is -0.326 e. The van der Waals surface area contributed by atoms with E-state index in [0.29, 0.717) is 18.1 Å². The van der Waals surface area contributed by atoms with Crippen LogP contribution in [0.15, 0.2) is 0 Å². The van der Waals surface area contributed by atoms with Crippen LogP contribution >= 0.6 is 0 Å². The summed E-state index contributed by atoms with van der Waals surface area (Å²) in [7, 11) is 0. The number of hydrogen-bond acceptors (Lipinski definition) is 2. The van der Waals surface area contributed by atoms with Crippen LogP contribution in [0.5, 0.6) is 0 Å². The molecule has 1 aliphatic carbocycles. The molecule has 0 radical (unpaired) electrons. The summed E-state index contributed by atoms with van der Waals surface area (Å²) >= 11 is 0. The molecule has 2 nitrogen and oxygen atoms in total. The molecule has 0 aromatic heterocycles. The van der Waals surface area contributed by atoms with E-state index in [0.717, 1.165) is 0 Å². The van der Waals surface area contributed by atoms with E-state index < -0.39 is 0 Å². The minimum absolute atomic E-state index is 0.384. The molecule has 1 rings (SSSR count). The maximum Gasteiger partial charge on any atom is 0.0221 e. The lowest BCUT2D eigenvalue weighted by Crippen LogP contribution is -2.46. The van der Waals surface area contributed by atoms with Crippen molar-refractivity contribution in [2.45, 2.75) is 64.1 Å². The summed E-state index contributed by atoms with van der Waals surface area (Å²) < 4.78 is 0. The van der Waals surface area contributed by atoms with Crippen LogP contribution in [0.3, 0.4) is 0 Å². The lowest BCUT2D eigenvalue weighted by atomic mass is 10.0. The first-order chi connectivity index (χ1) is 5.70. The molecule has 0 heterocycles. The van der Waals surface area contributed by atoms with Crippen molar-refractivity contribution in [3.05, 3.63) is 0 Å². The predicted molar refractivity (Wildman–Crippen MR) is 53.1 cm³/mol. The Morgan fingerprint density at radius 2 is 1.83 bits per heavy atom. The van der Waals surface area contributed by atoms with Crippen LogP contribution in [0, 0.1) is 0 Å². The molecule has 0 saturated heterocycles. The van der Waals surface area contributed by atoms with Crippen LogP contribution in [0.25, 0.3) is 0 Å². The Morgan fingerprint density at radius 1 is 1.17 bits per heavy atom. The van der Waals surface area contributed by atoms with Crippen molar-refractivity contribution in [2.75, 3.05) is 0 Å². The van der Waals surface area contributed by atoms with E-state index >= 15 is 0 Å². The fraction of sp³-hybridized carbons (Fsp3) is 1.00. The van der Waals surface area contributed by atoms with Gasteiger partial charge in [-0.3, -0.25) is 0 Å². The molecular formula is C10H22N2. The molecule has 0 bridgehead atoms. The zero-order valence-electron chi connectivity index (χ0n) is 8.34. The second-order valence-electron chi connectivity index (χ2n) is 4.23. The Kier molecular flexibility index (Phi) is 4.02. The highest BCUT2D eigenvalue weighted by atomic mass is 15.0. The standard InChI is InChI=1S/C10H22N2/c1-8(2)12-10-7-5-3-4-6-9(10)11/h8-10,12H,3-7,11H2,1-2H3. The van der Waals surface area contributed by atoms with Crippen molar-refractivity contribution < 1.29 is 0 Å². The Morgan fingerprint density at radius 3 is 2.50 bits per heavy atom. The first kappa shape index (κ1) is 10.0. The summed E-state index contributed by atoms with van der Waals surface area (Å²) in [5.74, 6) is 0. The van der Waals surface area contributed by atoms with Crippen LogP contribution < -0.4 is 11.1 Å². The molecule has 0 aromatic rings. The molecule has 72 valence electrons. The van der Waals surface area contributed by atoms with E-state index in [1.165, 1.54) is 32.1 Å². The van der Waals surface area contributed by atoms with Gasteiger partial charge in [-0.05, 0) is 12.8 Å². The monoisotopic (exact) mass is 170 g/mol. The SMILES string of the molecule is CC(C)NC1CCCCCC1N. The maximum absolute atomic E-state index is 6.06. The molecule has 0 aromatic carbocycles. The summed E-state index contributed by atoms with van der Waals surface area (Å²) in [5, 5.41) is 3.55. The van der Waals surface area contributed by atoms with Crippen LogP contribution in [0.1, 0.15) is 46.0 Å². The van der Waals surface area contributed by atoms with Gasteiger partial charge in [0.15, 0.2) is 0 Å². The zero-order valence-corrected chi connectivity index (χ0v) is 8.34. The first-order valence-electron chi connectivity index (χ1n) is 5.22. The Labute approximate surface area is 75.9 Å². The van der Waals surface area contributed by atoms with Crippen molar-refractivity contribution in [1.29, 1.82) is 0 Å². The van der Waals surface area contributed by atoms with Crippen molar-refractivity contribution in [2.24, 2.45) is 5.73 Å². The zero-order chi connectivity index (χ0) is 8.97. The second kappa shape index (κ2) is 4.83. The third-order valence-electron chi connectivity index (χ3n) is 2.62. The van der Waals surface area contributed by atoms with E-state index in [1.54, 1.807) is 0 Å². The van der Waals surface area contributed by atoms with Gasteiger partial charge in [0.1, 0.15) is 0 Å². The normalized spacial score (nSPS) is 32.0. The lowest BCUT2D eigenvalue weighted by molar-refractivity contribution is 0.380. The van der Waals surface area contributed by atoms with Crippen molar-refractivity contribution in [3.8, 4) is 0 Å². The summed E-state index contributed by atoms with van der Waals surface area (Å²) in [6.07, 6.45) is 6.49. The van der Waals surface area contributed by atoms with E-state index in [1.807, 2.05) is 0 Å². The van der Waals surface area contributed by atoms with Crippen molar-refractivity contribution in [3.63, 3.8) is 0 Å². The average molecular weight is 170 g/mol. The number of nitrogens with two attached hydrogens (primary N) is 1. The Bertz CT molecular complexity index is 123. The van der Waals surface area contributed by atoms with Gasteiger partial charge in [-0.1, -0.05) is 33.1 Å². The van der Waals surface area contributed by atoms with Gasteiger partial charge < -0.3 is 11.1 Å². The molecule has 0 aliphatic heterocycles. The summed E-state index contributed by atoms with van der Waals surface area (Å²) in [4.78, 5) is 0. The lowest BCUT2D eigenvalue weighted by Gasteiger charge is -2.24. The Hall–Kier alpha value is -0.0800. The van der Waals surface area contributed by atoms with Crippen LogP contribution in [-0.4, -0.2) is 18.1 Å². The highest BCUT2D eigenvalue weighted by Crippen LogP contribution is 2.16. The van der Waals surface area contributed by atoms with Gasteiger partial charge in [0.2, 0.25) is 0 Å². The first-order valence-corrected chi connectivity index (χ1v) is 5.22. The van der Waals surface area contributed by atoms with E-state index in [-0.39, 0.29) is 0 Å². The predicted octanol–water partition coefficient (Wildman–Crippen LogP) is 1.64. The van der Waals surface area contributed by atoms with Gasteiger partial charge in [-0.2, -0.15) is 0 Å². The molecule has 1 fully saturated rings. The molecule has 12 heavy (non-hydrogen) atoms. The van der Waals surface area contributed by atoms with E-state index in [4.69, 9.17) is 5.73 Å². The topological polar surface area (TPSA) is 38.0 Å². The smallest absolute Gasteiger partial charge is 0.0221 e. The van der Waals surface area contributed by atoms with Crippen LogP contribution in [0.4, 0.5) is 0 Å². The molecule has 0 amide bonds. The van der Waals surface area contributed by atoms with Gasteiger partial charge in [-0.25, -0.2) is 0 Å². The van der Waals surface area contributed by atoms with Gasteiger partial charge >= 0.3 is 0 Å². The van der Waals surface area contributed by atoms with E-state index in [9.17, 15) is 0 Å². The van der Waals surface area contributed by atoms with Gasteiger partial charge in [-0.15, -0.1) is 0 Å². The number of rotatable bonds is 2. The maximum atomic E-state index is 6.06. The number of hydrogen-bond donors (Lipinski definition) is 2. The van der Waals surface area contributed by atoms with Crippen molar-refractivity contribution in [1.82, 2.24) is 5.32 Å². The van der Waals surface area contributed by atoms with Crippen LogP contribution in [0.2, 0.25) is 0 Å². The molecule has 2 heteroatoms. The summed E-state index contributed by atoms with van der Waals surface area (Å²) in [6, 6.07) is 1.52. The molecule has 0 spiro atoms. The Balaban J connectivity index is 2.36. The molecule has 1 aliphatic rings. The summed E-state index contributed by atoms with van der Waals surface area (Å²) in [5.41, 5.74) is 6.06. The third kappa shape index (κ3) is 3.11. The molecule has 2 unspecified atom stereocenters. The molecule has 3 N–H and O–H groups in total. The molecule has 1 saturated carbocycles. The third-order valence-corrected chi connectivity index (χ3v) is 2.62. The van der Waals surface area contributed by atoms with Gasteiger partial charge in [0.25, 0.3) is 0 Å². The fourth-order valence-electron chi connectivity index (χ4n) is 1.97. The van der Waals surface area contributed by atoms with Crippen molar-refractivity contribution >= 4 is 0 Å². The summed E-state index contributed by atoms with van der Waals surface area (Å²) in [6.45, 7) is 4.38. The highest BCUT2D eigenvalue weighted by molar-refractivity contribution is 4.82. The number of nitrogens with one attached hydrogen (secondary N) is 1. The van der Waals surface area contributed by atoms with E-state index in [2.05, 4.69) is 19.2 Å². The quantitative estimate of drug-likeness (QED) is 0.618. The van der Waals surface area contributed by atoms with Gasteiger partial charge in [0.05, 0.1) is 0 Å².